The highest BCUT2D eigenvalue weighted by Gasteiger charge is 2.51. The second kappa shape index (κ2) is 4.83. The molecule has 3 atom stereocenters. The van der Waals surface area contributed by atoms with E-state index in [9.17, 15) is 0 Å². The summed E-state index contributed by atoms with van der Waals surface area (Å²) in [5, 5.41) is 2.67. The molecule has 3 aliphatic rings. The highest BCUT2D eigenvalue weighted by atomic mass is 16.3. The lowest BCUT2D eigenvalue weighted by atomic mass is 9.62. The molecule has 0 radical (unpaired) electrons. The molecular weight excluding hydrogens is 320 g/mol. The van der Waals surface area contributed by atoms with Gasteiger partial charge in [-0.2, -0.15) is 0 Å². The van der Waals surface area contributed by atoms with Crippen LogP contribution in [0.1, 0.15) is 38.7 Å². The van der Waals surface area contributed by atoms with E-state index < -0.39 is 0 Å². The highest BCUT2D eigenvalue weighted by molar-refractivity contribution is 6.13. The molecule has 134 valence electrons. The Morgan fingerprint density at radius 3 is 2.62 bits per heavy atom. The molecule has 1 aliphatic carbocycles. The Balaban J connectivity index is 1.78. The van der Waals surface area contributed by atoms with Gasteiger partial charge >= 0.3 is 0 Å². The third-order valence-electron chi connectivity index (χ3n) is 7.55. The van der Waals surface area contributed by atoms with Gasteiger partial charge in [0.05, 0.1) is 12.1 Å². The molecule has 2 fully saturated rings. The van der Waals surface area contributed by atoms with Gasteiger partial charge in [-0.15, -0.1) is 0 Å². The lowest BCUT2D eigenvalue weighted by Gasteiger charge is -2.48. The van der Waals surface area contributed by atoms with Crippen LogP contribution in [0.3, 0.4) is 0 Å². The molecule has 3 heterocycles. The van der Waals surface area contributed by atoms with Gasteiger partial charge in [0.1, 0.15) is 11.2 Å². The van der Waals surface area contributed by atoms with Crippen molar-refractivity contribution in [3.63, 3.8) is 0 Å². The molecule has 2 aromatic carbocycles. The van der Waals surface area contributed by atoms with Crippen LogP contribution in [0.15, 0.2) is 40.8 Å². The fraction of sp³-hybridized carbons (Fsp3) is 0.478. The average Bonchev–Trinajstić information content (AvgIpc) is 3.18. The minimum Gasteiger partial charge on any atom is -0.456 e. The molecule has 0 bridgehead atoms. The number of hydrogen-bond donors (Lipinski definition) is 0. The number of furan rings is 1. The fourth-order valence-corrected chi connectivity index (χ4v) is 6.35. The maximum atomic E-state index is 6.30. The second-order valence-electron chi connectivity index (χ2n) is 9.12. The average molecular weight is 346 g/mol. The van der Waals surface area contributed by atoms with E-state index in [2.05, 4.69) is 67.1 Å². The van der Waals surface area contributed by atoms with Crippen LogP contribution in [0.4, 0.5) is 5.69 Å². The van der Waals surface area contributed by atoms with Gasteiger partial charge < -0.3 is 9.32 Å². The summed E-state index contributed by atoms with van der Waals surface area (Å²) in [6.45, 7) is 5.96. The molecule has 3 unspecified atom stereocenters. The molecule has 3 heteroatoms. The second-order valence-corrected chi connectivity index (χ2v) is 9.12. The fourth-order valence-electron chi connectivity index (χ4n) is 6.35. The summed E-state index contributed by atoms with van der Waals surface area (Å²) in [5.74, 6) is 0.662. The standard InChI is InChI=1S/C23H26N2O/c1-23(2)14-7-5-11-18-20(14)21-16(9-6-12-19(21)26-18)25-13-24(3)17-10-4-8-15(23)22(17)25/h5-7,9,11-12,15,17,22H,4,8,10,13H2,1-3H3. The molecule has 0 spiro atoms. The first kappa shape index (κ1) is 15.1. The Bertz CT molecular complexity index is 1030. The predicted octanol–water partition coefficient (Wildman–Crippen LogP) is 5.12. The highest BCUT2D eigenvalue weighted by Crippen LogP contribution is 2.53. The van der Waals surface area contributed by atoms with Crippen molar-refractivity contribution in [3.8, 4) is 0 Å². The number of anilines is 1. The van der Waals surface area contributed by atoms with Crippen LogP contribution in [-0.2, 0) is 5.41 Å². The summed E-state index contributed by atoms with van der Waals surface area (Å²) in [6.07, 6.45) is 3.98. The molecule has 6 rings (SSSR count). The quantitative estimate of drug-likeness (QED) is 0.563. The normalized spacial score (nSPS) is 30.0. The number of nitrogens with zero attached hydrogens (tertiary/aromatic N) is 2. The molecule has 1 saturated heterocycles. The van der Waals surface area contributed by atoms with E-state index in [0.717, 1.165) is 17.8 Å². The summed E-state index contributed by atoms with van der Waals surface area (Å²) in [6, 6.07) is 14.5. The Labute approximate surface area is 154 Å². The lowest BCUT2D eigenvalue weighted by molar-refractivity contribution is 0.150. The summed E-state index contributed by atoms with van der Waals surface area (Å²) >= 11 is 0. The summed E-state index contributed by atoms with van der Waals surface area (Å²) < 4.78 is 6.30. The van der Waals surface area contributed by atoms with Crippen molar-refractivity contribution >= 4 is 27.6 Å². The topological polar surface area (TPSA) is 19.6 Å². The van der Waals surface area contributed by atoms with Crippen molar-refractivity contribution in [2.45, 2.75) is 50.6 Å². The molecule has 3 nitrogen and oxygen atoms in total. The van der Waals surface area contributed by atoms with Crippen molar-refractivity contribution in [2.24, 2.45) is 5.92 Å². The maximum absolute atomic E-state index is 6.30. The molecule has 0 amide bonds. The van der Waals surface area contributed by atoms with E-state index >= 15 is 0 Å². The van der Waals surface area contributed by atoms with E-state index in [1.807, 2.05) is 0 Å². The van der Waals surface area contributed by atoms with E-state index in [-0.39, 0.29) is 5.41 Å². The van der Waals surface area contributed by atoms with Gasteiger partial charge in [-0.3, -0.25) is 4.90 Å². The third kappa shape index (κ3) is 1.68. The third-order valence-corrected chi connectivity index (χ3v) is 7.55. The smallest absolute Gasteiger partial charge is 0.137 e. The zero-order valence-corrected chi connectivity index (χ0v) is 15.8. The Kier molecular flexibility index (Phi) is 2.81. The van der Waals surface area contributed by atoms with Crippen LogP contribution >= 0.6 is 0 Å². The lowest BCUT2D eigenvalue weighted by Crippen LogP contribution is -2.52. The number of rotatable bonds is 0. The SMILES string of the molecule is CN1CN2c3cccc4oc5cccc(c5c34)C(C)(C)C3CCCC1C32. The maximum Gasteiger partial charge on any atom is 0.137 e. The Morgan fingerprint density at radius 2 is 1.77 bits per heavy atom. The van der Waals surface area contributed by atoms with Gasteiger partial charge in [0.15, 0.2) is 0 Å². The van der Waals surface area contributed by atoms with Crippen molar-refractivity contribution in [1.82, 2.24) is 4.90 Å². The first-order chi connectivity index (χ1) is 12.6. The summed E-state index contributed by atoms with van der Waals surface area (Å²) in [7, 11) is 2.31. The van der Waals surface area contributed by atoms with Crippen LogP contribution in [0, 0.1) is 5.92 Å². The minimum atomic E-state index is 0.136. The minimum absolute atomic E-state index is 0.136. The van der Waals surface area contributed by atoms with Crippen LogP contribution in [0.25, 0.3) is 21.9 Å². The van der Waals surface area contributed by atoms with Crippen molar-refractivity contribution in [3.05, 3.63) is 42.0 Å². The monoisotopic (exact) mass is 346 g/mol. The Hall–Kier alpha value is -2.00. The molecular formula is C23H26N2O. The largest absolute Gasteiger partial charge is 0.456 e. The van der Waals surface area contributed by atoms with Crippen molar-refractivity contribution in [1.29, 1.82) is 0 Å². The number of fused-ring (bicyclic) bond motifs is 1. The number of likely N-dealkylation sites (N-methyl/N-ethyl adjacent to an activating group) is 1. The van der Waals surface area contributed by atoms with Gasteiger partial charge in [-0.05, 0) is 55.0 Å². The molecule has 1 aromatic heterocycles. The molecule has 26 heavy (non-hydrogen) atoms. The van der Waals surface area contributed by atoms with Crippen molar-refractivity contribution < 1.29 is 4.42 Å². The van der Waals surface area contributed by atoms with Crippen molar-refractivity contribution in [2.75, 3.05) is 18.6 Å². The molecule has 0 N–H and O–H groups in total. The zero-order chi connectivity index (χ0) is 17.6. The number of hydrogen-bond acceptors (Lipinski definition) is 3. The van der Waals surface area contributed by atoms with Gasteiger partial charge in [-0.1, -0.05) is 38.5 Å². The van der Waals surface area contributed by atoms with Crippen LogP contribution in [0.2, 0.25) is 0 Å². The first-order valence-corrected chi connectivity index (χ1v) is 9.99. The summed E-state index contributed by atoms with van der Waals surface area (Å²) in [5.41, 5.74) is 5.05. The van der Waals surface area contributed by atoms with Gasteiger partial charge in [0.2, 0.25) is 0 Å². The van der Waals surface area contributed by atoms with Crippen LogP contribution in [0.5, 0.6) is 0 Å². The van der Waals surface area contributed by atoms with E-state index in [0.29, 0.717) is 18.0 Å². The van der Waals surface area contributed by atoms with Gasteiger partial charge in [0.25, 0.3) is 0 Å². The van der Waals surface area contributed by atoms with Gasteiger partial charge in [-0.25, -0.2) is 0 Å². The Morgan fingerprint density at radius 1 is 1.00 bits per heavy atom. The molecule has 3 aromatic rings. The van der Waals surface area contributed by atoms with E-state index in [1.165, 1.54) is 41.3 Å². The molecule has 2 aliphatic heterocycles. The van der Waals surface area contributed by atoms with E-state index in [4.69, 9.17) is 4.42 Å². The van der Waals surface area contributed by atoms with Gasteiger partial charge in [0, 0.05) is 23.2 Å². The van der Waals surface area contributed by atoms with E-state index in [1.54, 1.807) is 0 Å². The molecule has 1 saturated carbocycles. The number of benzene rings is 2. The first-order valence-electron chi connectivity index (χ1n) is 9.99. The summed E-state index contributed by atoms with van der Waals surface area (Å²) in [4.78, 5) is 5.28. The van der Waals surface area contributed by atoms with Crippen LogP contribution in [-0.4, -0.2) is 30.7 Å². The predicted molar refractivity (Wildman–Crippen MR) is 107 cm³/mol. The zero-order valence-electron chi connectivity index (χ0n) is 15.8. The van der Waals surface area contributed by atoms with Crippen LogP contribution < -0.4 is 4.90 Å².